The largest absolute Gasteiger partial charge is 0.379 e. The Kier molecular flexibility index (Phi) is 5.79. The maximum Gasteiger partial charge on any atom is 0.342 e. The molecule has 1 aliphatic heterocycles. The Hall–Kier alpha value is -2.45. The quantitative estimate of drug-likeness (QED) is 0.511. The molecule has 0 bridgehead atoms. The average Bonchev–Trinajstić information content (AvgIpc) is 3.09. The molecule has 0 saturated carbocycles. The fraction of sp³-hybridized carbons (Fsp3) is 0.391. The monoisotopic (exact) mass is 448 g/mol. The number of piperidine rings is 1. The second kappa shape index (κ2) is 8.24. The molecule has 4 rings (SSSR count). The van der Waals surface area contributed by atoms with Gasteiger partial charge in [-0.1, -0.05) is 6.07 Å². The smallest absolute Gasteiger partial charge is 0.342 e. The SMILES string of the molecule is CC(C)n1cc(C2CCN(C)CC2)c2cc(OS(=O)(=O)c3cccc(F)c3F)ccc21. The van der Waals surface area contributed by atoms with Crippen molar-refractivity contribution < 1.29 is 21.4 Å². The van der Waals surface area contributed by atoms with Gasteiger partial charge < -0.3 is 13.7 Å². The molecule has 2 aromatic carbocycles. The highest BCUT2D eigenvalue weighted by atomic mass is 32.2. The van der Waals surface area contributed by atoms with Gasteiger partial charge in [0.15, 0.2) is 11.6 Å². The van der Waals surface area contributed by atoms with Crippen molar-refractivity contribution in [1.82, 2.24) is 9.47 Å². The molecule has 0 spiro atoms. The van der Waals surface area contributed by atoms with Gasteiger partial charge in [-0.25, -0.2) is 8.78 Å². The lowest BCUT2D eigenvalue weighted by Gasteiger charge is -2.28. The summed E-state index contributed by atoms with van der Waals surface area (Å²) < 4.78 is 60.2. The van der Waals surface area contributed by atoms with E-state index in [2.05, 4.69) is 36.6 Å². The van der Waals surface area contributed by atoms with Crippen LogP contribution in [0.1, 0.15) is 44.2 Å². The Morgan fingerprint density at radius 2 is 1.81 bits per heavy atom. The molecular weight excluding hydrogens is 422 g/mol. The topological polar surface area (TPSA) is 51.5 Å². The lowest BCUT2D eigenvalue weighted by molar-refractivity contribution is 0.256. The van der Waals surface area contributed by atoms with Crippen LogP contribution < -0.4 is 4.18 Å². The van der Waals surface area contributed by atoms with Crippen molar-refractivity contribution in [1.29, 1.82) is 0 Å². The van der Waals surface area contributed by atoms with E-state index in [0.717, 1.165) is 60.6 Å². The second-order valence-corrected chi connectivity index (χ2v) is 9.95. The summed E-state index contributed by atoms with van der Waals surface area (Å²) in [6.07, 6.45) is 4.19. The van der Waals surface area contributed by atoms with Gasteiger partial charge in [0.25, 0.3) is 0 Å². The van der Waals surface area contributed by atoms with E-state index in [1.807, 2.05) is 6.07 Å². The van der Waals surface area contributed by atoms with E-state index in [1.54, 1.807) is 12.1 Å². The Bertz CT molecular complexity index is 1210. The Labute approximate surface area is 181 Å². The van der Waals surface area contributed by atoms with Crippen LogP contribution in [0, 0.1) is 11.6 Å². The molecule has 31 heavy (non-hydrogen) atoms. The first-order valence-electron chi connectivity index (χ1n) is 10.4. The van der Waals surface area contributed by atoms with Crippen LogP contribution in [-0.2, 0) is 10.1 Å². The summed E-state index contributed by atoms with van der Waals surface area (Å²) in [5, 5.41) is 0.927. The third-order valence-corrected chi connectivity index (χ3v) is 7.21. The Balaban J connectivity index is 1.74. The maximum absolute atomic E-state index is 14.0. The van der Waals surface area contributed by atoms with Crippen molar-refractivity contribution in [3.05, 3.63) is 59.8 Å². The minimum atomic E-state index is -4.52. The van der Waals surface area contributed by atoms with Crippen molar-refractivity contribution in [2.45, 2.75) is 43.5 Å². The molecule has 0 N–H and O–H groups in total. The molecule has 0 amide bonds. The van der Waals surface area contributed by atoms with Crippen molar-refractivity contribution in [2.75, 3.05) is 20.1 Å². The zero-order valence-corrected chi connectivity index (χ0v) is 18.6. The molecule has 1 fully saturated rings. The van der Waals surface area contributed by atoms with Crippen molar-refractivity contribution in [2.24, 2.45) is 0 Å². The molecule has 0 radical (unpaired) electrons. The fourth-order valence-corrected chi connectivity index (χ4v) is 5.24. The maximum atomic E-state index is 14.0. The summed E-state index contributed by atoms with van der Waals surface area (Å²) in [5.41, 5.74) is 2.15. The van der Waals surface area contributed by atoms with Gasteiger partial charge in [-0.3, -0.25) is 0 Å². The summed E-state index contributed by atoms with van der Waals surface area (Å²) in [6.45, 7) is 6.20. The van der Waals surface area contributed by atoms with Crippen molar-refractivity contribution >= 4 is 21.0 Å². The first-order chi connectivity index (χ1) is 14.7. The van der Waals surface area contributed by atoms with Gasteiger partial charge in [-0.2, -0.15) is 8.42 Å². The van der Waals surface area contributed by atoms with E-state index >= 15 is 0 Å². The molecular formula is C23H26F2N2O3S. The molecule has 0 unspecified atom stereocenters. The minimum Gasteiger partial charge on any atom is -0.379 e. The third-order valence-electron chi connectivity index (χ3n) is 5.94. The number of fused-ring (bicyclic) bond motifs is 1. The van der Waals surface area contributed by atoms with Crippen LogP contribution >= 0.6 is 0 Å². The summed E-state index contributed by atoms with van der Waals surface area (Å²) in [4.78, 5) is 1.48. The van der Waals surface area contributed by atoms with Crippen LogP contribution in [-0.4, -0.2) is 38.0 Å². The number of hydrogen-bond donors (Lipinski definition) is 0. The van der Waals surface area contributed by atoms with Gasteiger partial charge in [0.2, 0.25) is 0 Å². The highest BCUT2D eigenvalue weighted by Crippen LogP contribution is 2.37. The van der Waals surface area contributed by atoms with Crippen LogP contribution in [0.2, 0.25) is 0 Å². The van der Waals surface area contributed by atoms with Gasteiger partial charge in [0.05, 0.1) is 0 Å². The van der Waals surface area contributed by atoms with Crippen LogP contribution in [0.3, 0.4) is 0 Å². The molecule has 1 saturated heterocycles. The van der Waals surface area contributed by atoms with E-state index < -0.39 is 26.6 Å². The normalized spacial score (nSPS) is 16.3. The summed E-state index contributed by atoms with van der Waals surface area (Å²) in [6, 6.07) is 8.29. The molecule has 0 atom stereocenters. The number of benzene rings is 2. The number of likely N-dealkylation sites (tertiary alicyclic amines) is 1. The first kappa shape index (κ1) is 21.8. The average molecular weight is 449 g/mol. The van der Waals surface area contributed by atoms with E-state index in [9.17, 15) is 17.2 Å². The zero-order chi connectivity index (χ0) is 22.3. The molecule has 8 heteroatoms. The summed E-state index contributed by atoms with van der Waals surface area (Å²) in [7, 11) is -2.41. The van der Waals surface area contributed by atoms with E-state index in [1.165, 1.54) is 0 Å². The molecule has 1 aliphatic rings. The highest BCUT2D eigenvalue weighted by molar-refractivity contribution is 7.87. The number of aromatic nitrogens is 1. The lowest BCUT2D eigenvalue weighted by Crippen LogP contribution is -2.29. The predicted molar refractivity (Wildman–Crippen MR) is 116 cm³/mol. The summed E-state index contributed by atoms with van der Waals surface area (Å²) in [5.74, 6) is -2.24. The van der Waals surface area contributed by atoms with Crippen LogP contribution in [0.15, 0.2) is 47.5 Å². The highest BCUT2D eigenvalue weighted by Gasteiger charge is 2.26. The van der Waals surface area contributed by atoms with Crippen molar-refractivity contribution in [3.8, 4) is 5.75 Å². The van der Waals surface area contributed by atoms with E-state index in [-0.39, 0.29) is 11.8 Å². The number of rotatable bonds is 5. The van der Waals surface area contributed by atoms with Crippen LogP contribution in [0.25, 0.3) is 10.9 Å². The van der Waals surface area contributed by atoms with Gasteiger partial charge in [-0.15, -0.1) is 0 Å². The number of hydrogen-bond acceptors (Lipinski definition) is 4. The lowest BCUT2D eigenvalue weighted by atomic mass is 9.89. The zero-order valence-electron chi connectivity index (χ0n) is 17.8. The van der Waals surface area contributed by atoms with Crippen LogP contribution in [0.5, 0.6) is 5.75 Å². The van der Waals surface area contributed by atoms with Gasteiger partial charge >= 0.3 is 10.1 Å². The predicted octanol–water partition coefficient (Wildman–Crippen LogP) is 5.08. The first-order valence-corrected chi connectivity index (χ1v) is 11.8. The number of nitrogens with zero attached hydrogens (tertiary/aromatic N) is 2. The minimum absolute atomic E-state index is 0.0758. The van der Waals surface area contributed by atoms with E-state index in [0.29, 0.717) is 5.92 Å². The molecule has 3 aromatic rings. The van der Waals surface area contributed by atoms with Crippen molar-refractivity contribution in [3.63, 3.8) is 0 Å². The van der Waals surface area contributed by atoms with Crippen LogP contribution in [0.4, 0.5) is 8.78 Å². The van der Waals surface area contributed by atoms with Gasteiger partial charge in [0, 0.05) is 23.1 Å². The molecule has 1 aromatic heterocycles. The van der Waals surface area contributed by atoms with Gasteiger partial charge in [0.1, 0.15) is 10.6 Å². The molecule has 2 heterocycles. The van der Waals surface area contributed by atoms with Gasteiger partial charge in [-0.05, 0) is 88.6 Å². The Morgan fingerprint density at radius 1 is 1.10 bits per heavy atom. The molecule has 5 nitrogen and oxygen atoms in total. The molecule has 0 aliphatic carbocycles. The summed E-state index contributed by atoms with van der Waals surface area (Å²) >= 11 is 0. The second-order valence-electron chi connectivity index (χ2n) is 8.43. The molecule has 166 valence electrons. The third kappa shape index (κ3) is 4.19. The standard InChI is InChI=1S/C23H26F2N2O3S/c1-15(2)27-14-19(16-9-11-26(3)12-10-16)18-13-17(7-8-21(18)27)30-31(28,29)22-6-4-5-20(24)23(22)25/h4-8,13-16H,9-12H2,1-3H3. The fourth-order valence-electron chi connectivity index (χ4n) is 4.23. The Morgan fingerprint density at radius 3 is 2.48 bits per heavy atom. The van der Waals surface area contributed by atoms with E-state index in [4.69, 9.17) is 4.18 Å². The number of halogens is 2.